The molecule has 0 saturated heterocycles. The number of benzene rings is 3. The van der Waals surface area contributed by atoms with E-state index in [1.807, 2.05) is 42.5 Å². The van der Waals surface area contributed by atoms with Gasteiger partial charge in [0.25, 0.3) is 0 Å². The molecule has 0 atom stereocenters. The maximum atomic E-state index is 12.2. The van der Waals surface area contributed by atoms with Crippen LogP contribution in [0.4, 0.5) is 5.69 Å². The first-order valence-corrected chi connectivity index (χ1v) is 8.81. The zero-order chi connectivity index (χ0) is 17.9. The molecule has 0 unspecified atom stereocenters. The third-order valence-electron chi connectivity index (χ3n) is 4.58. The molecule has 1 aromatic heterocycles. The van der Waals surface area contributed by atoms with E-state index in [0.717, 1.165) is 23.2 Å². The molecule has 1 heterocycles. The van der Waals surface area contributed by atoms with E-state index < -0.39 is 0 Å². The van der Waals surface area contributed by atoms with Gasteiger partial charge in [0.1, 0.15) is 0 Å². The van der Waals surface area contributed by atoms with Crippen molar-refractivity contribution in [1.29, 1.82) is 0 Å². The molecule has 0 aliphatic rings. The van der Waals surface area contributed by atoms with Gasteiger partial charge in [-0.3, -0.25) is 4.79 Å². The maximum absolute atomic E-state index is 12.2. The molecule has 0 spiro atoms. The molecule has 1 N–H and O–H groups in total. The van der Waals surface area contributed by atoms with Crippen LogP contribution in [0.5, 0.6) is 0 Å². The highest BCUT2D eigenvalue weighted by Gasteiger charge is 2.10. The van der Waals surface area contributed by atoms with Crippen molar-refractivity contribution in [1.82, 2.24) is 4.57 Å². The van der Waals surface area contributed by atoms with Crippen LogP contribution >= 0.6 is 0 Å². The second-order valence-corrected chi connectivity index (χ2v) is 6.23. The highest BCUT2D eigenvalue weighted by Crippen LogP contribution is 2.30. The van der Waals surface area contributed by atoms with Crippen LogP contribution in [0.15, 0.2) is 78.9 Å². The normalized spacial score (nSPS) is 11.4. The Kier molecular flexibility index (Phi) is 4.28. The first kappa shape index (κ1) is 16.2. The van der Waals surface area contributed by atoms with Crippen LogP contribution in [0.2, 0.25) is 0 Å². The number of carbonyl (C=O) groups is 1. The third-order valence-corrected chi connectivity index (χ3v) is 4.58. The molecule has 128 valence electrons. The molecular weight excluding hydrogens is 320 g/mol. The molecule has 3 heteroatoms. The van der Waals surface area contributed by atoms with Crippen molar-refractivity contribution in [2.24, 2.45) is 0 Å². The second-order valence-electron chi connectivity index (χ2n) is 6.23. The molecule has 0 saturated carbocycles. The van der Waals surface area contributed by atoms with E-state index in [4.69, 9.17) is 0 Å². The predicted molar refractivity (Wildman–Crippen MR) is 109 cm³/mol. The molecule has 4 rings (SSSR count). The van der Waals surface area contributed by atoms with Crippen LogP contribution in [-0.4, -0.2) is 10.5 Å². The molecule has 1 amide bonds. The Labute approximate surface area is 152 Å². The van der Waals surface area contributed by atoms with E-state index in [1.165, 1.54) is 16.4 Å². The highest BCUT2D eigenvalue weighted by molar-refractivity contribution is 6.10. The van der Waals surface area contributed by atoms with E-state index in [9.17, 15) is 4.79 Å². The van der Waals surface area contributed by atoms with Gasteiger partial charge in [0.05, 0.1) is 0 Å². The Morgan fingerprint density at radius 3 is 2.46 bits per heavy atom. The number of hydrogen-bond donors (Lipinski definition) is 1. The van der Waals surface area contributed by atoms with Crippen molar-refractivity contribution in [3.63, 3.8) is 0 Å². The number of aromatic nitrogens is 1. The summed E-state index contributed by atoms with van der Waals surface area (Å²) in [7, 11) is 0. The summed E-state index contributed by atoms with van der Waals surface area (Å²) < 4.78 is 2.30. The third kappa shape index (κ3) is 3.00. The monoisotopic (exact) mass is 340 g/mol. The SMILES string of the molecule is CCn1c2ccccc2c2cc(NC(=O)C=Cc3ccccc3)ccc21. The van der Waals surface area contributed by atoms with Crippen LogP contribution in [0.25, 0.3) is 27.9 Å². The topological polar surface area (TPSA) is 34.0 Å². The Balaban J connectivity index is 1.64. The van der Waals surface area contributed by atoms with E-state index >= 15 is 0 Å². The Morgan fingerprint density at radius 2 is 1.65 bits per heavy atom. The summed E-state index contributed by atoms with van der Waals surface area (Å²) >= 11 is 0. The van der Waals surface area contributed by atoms with E-state index in [0.29, 0.717) is 0 Å². The van der Waals surface area contributed by atoms with Crippen LogP contribution in [0.3, 0.4) is 0 Å². The van der Waals surface area contributed by atoms with Crippen molar-refractivity contribution in [3.05, 3.63) is 84.4 Å². The number of carbonyl (C=O) groups excluding carboxylic acids is 1. The Bertz CT molecular complexity index is 1110. The summed E-state index contributed by atoms with van der Waals surface area (Å²) in [5, 5.41) is 5.33. The zero-order valence-corrected chi connectivity index (χ0v) is 14.6. The summed E-state index contributed by atoms with van der Waals surface area (Å²) in [6, 6.07) is 24.3. The quantitative estimate of drug-likeness (QED) is 0.491. The van der Waals surface area contributed by atoms with Crippen molar-refractivity contribution in [3.8, 4) is 0 Å². The smallest absolute Gasteiger partial charge is 0.248 e. The molecule has 26 heavy (non-hydrogen) atoms. The summed E-state index contributed by atoms with van der Waals surface area (Å²) in [5.74, 6) is -0.132. The van der Waals surface area contributed by atoms with E-state index in [2.05, 4.69) is 53.2 Å². The maximum Gasteiger partial charge on any atom is 0.248 e. The summed E-state index contributed by atoms with van der Waals surface area (Å²) in [6.07, 6.45) is 3.38. The zero-order valence-electron chi connectivity index (χ0n) is 14.6. The lowest BCUT2D eigenvalue weighted by Gasteiger charge is -2.05. The fourth-order valence-corrected chi connectivity index (χ4v) is 3.39. The van der Waals surface area contributed by atoms with Gasteiger partial charge in [-0.2, -0.15) is 0 Å². The lowest BCUT2D eigenvalue weighted by molar-refractivity contribution is -0.111. The number of fused-ring (bicyclic) bond motifs is 3. The first-order valence-electron chi connectivity index (χ1n) is 8.81. The number of nitrogens with zero attached hydrogens (tertiary/aromatic N) is 1. The number of amides is 1. The molecule has 0 radical (unpaired) electrons. The molecule has 3 nitrogen and oxygen atoms in total. The van der Waals surface area contributed by atoms with Gasteiger partial charge < -0.3 is 9.88 Å². The lowest BCUT2D eigenvalue weighted by atomic mass is 10.1. The largest absolute Gasteiger partial charge is 0.341 e. The van der Waals surface area contributed by atoms with Gasteiger partial charge in [0.2, 0.25) is 5.91 Å². The fourth-order valence-electron chi connectivity index (χ4n) is 3.39. The molecule has 0 aliphatic heterocycles. The summed E-state index contributed by atoms with van der Waals surface area (Å²) in [4.78, 5) is 12.2. The minimum absolute atomic E-state index is 0.132. The summed E-state index contributed by atoms with van der Waals surface area (Å²) in [5.41, 5.74) is 4.22. The Morgan fingerprint density at radius 1 is 0.923 bits per heavy atom. The van der Waals surface area contributed by atoms with Gasteiger partial charge in [0.15, 0.2) is 0 Å². The van der Waals surface area contributed by atoms with Crippen LogP contribution in [0.1, 0.15) is 12.5 Å². The molecule has 0 aliphatic carbocycles. The van der Waals surface area contributed by atoms with Gasteiger partial charge in [-0.1, -0.05) is 48.5 Å². The average Bonchev–Trinajstić information content (AvgIpc) is 3.00. The second kappa shape index (κ2) is 6.89. The number of aryl methyl sites for hydroxylation is 1. The number of para-hydroxylation sites is 1. The van der Waals surface area contributed by atoms with Gasteiger partial charge in [-0.15, -0.1) is 0 Å². The number of rotatable bonds is 4. The first-order chi connectivity index (χ1) is 12.8. The highest BCUT2D eigenvalue weighted by atomic mass is 16.1. The number of nitrogens with one attached hydrogen (secondary N) is 1. The molecular formula is C23H20N2O. The van der Waals surface area contributed by atoms with Gasteiger partial charge in [-0.05, 0) is 42.8 Å². The standard InChI is InChI=1S/C23H20N2O/c1-2-25-21-11-7-6-10-19(21)20-16-18(13-14-22(20)25)24-23(26)15-12-17-8-4-3-5-9-17/h3-16H,2H2,1H3,(H,24,26). The fraction of sp³-hybridized carbons (Fsp3) is 0.0870. The molecule has 3 aromatic carbocycles. The van der Waals surface area contributed by atoms with Crippen LogP contribution in [0, 0.1) is 0 Å². The molecule has 4 aromatic rings. The van der Waals surface area contributed by atoms with E-state index in [-0.39, 0.29) is 5.91 Å². The van der Waals surface area contributed by atoms with Crippen molar-refractivity contribution < 1.29 is 4.79 Å². The Hall–Kier alpha value is -3.33. The van der Waals surface area contributed by atoms with Gasteiger partial charge in [-0.25, -0.2) is 0 Å². The predicted octanol–water partition coefficient (Wildman–Crippen LogP) is 5.47. The minimum atomic E-state index is -0.132. The van der Waals surface area contributed by atoms with Crippen LogP contribution in [-0.2, 0) is 11.3 Å². The van der Waals surface area contributed by atoms with Gasteiger partial charge >= 0.3 is 0 Å². The van der Waals surface area contributed by atoms with E-state index in [1.54, 1.807) is 6.08 Å². The number of hydrogen-bond acceptors (Lipinski definition) is 1. The summed E-state index contributed by atoms with van der Waals surface area (Å²) in [6.45, 7) is 3.06. The average molecular weight is 340 g/mol. The minimum Gasteiger partial charge on any atom is -0.341 e. The molecule has 0 bridgehead atoms. The lowest BCUT2D eigenvalue weighted by Crippen LogP contribution is -2.07. The van der Waals surface area contributed by atoms with Gasteiger partial charge in [0, 0.05) is 40.1 Å². The number of anilines is 1. The van der Waals surface area contributed by atoms with Crippen molar-refractivity contribution in [2.75, 3.05) is 5.32 Å². The molecule has 0 fully saturated rings. The van der Waals surface area contributed by atoms with Crippen LogP contribution < -0.4 is 5.32 Å². The van der Waals surface area contributed by atoms with Crippen molar-refractivity contribution in [2.45, 2.75) is 13.5 Å². The van der Waals surface area contributed by atoms with Crippen molar-refractivity contribution >= 4 is 39.5 Å².